The SMILES string of the molecule is CC(C)c1nnc(N2C(=O)c3oc4ccccc4c(=O)c3[C@@H]2c2ccc(C(C)(C)C)cc2)s1. The Morgan fingerprint density at radius 2 is 1.70 bits per heavy atom. The number of hydrogen-bond donors (Lipinski definition) is 0. The monoisotopic (exact) mass is 459 g/mol. The van der Waals surface area contributed by atoms with Crippen LogP contribution in [0.2, 0.25) is 0 Å². The quantitative estimate of drug-likeness (QED) is 0.386. The summed E-state index contributed by atoms with van der Waals surface area (Å²) in [5.41, 5.74) is 2.55. The van der Waals surface area contributed by atoms with Gasteiger partial charge >= 0.3 is 0 Å². The van der Waals surface area contributed by atoms with Crippen molar-refractivity contribution in [3.05, 3.63) is 86.2 Å². The van der Waals surface area contributed by atoms with Crippen LogP contribution in [-0.2, 0) is 5.41 Å². The van der Waals surface area contributed by atoms with Gasteiger partial charge in [0.1, 0.15) is 10.6 Å². The van der Waals surface area contributed by atoms with Crippen LogP contribution in [0.4, 0.5) is 5.13 Å². The molecule has 0 spiro atoms. The fourth-order valence-electron chi connectivity index (χ4n) is 4.15. The van der Waals surface area contributed by atoms with Crippen molar-refractivity contribution < 1.29 is 9.21 Å². The number of anilines is 1. The van der Waals surface area contributed by atoms with Gasteiger partial charge in [-0.1, -0.05) is 82.4 Å². The molecule has 2 aromatic carbocycles. The molecule has 5 rings (SSSR count). The number of carbonyl (C=O) groups excluding carboxylic acids is 1. The number of nitrogens with zero attached hydrogens (tertiary/aromatic N) is 3. The lowest BCUT2D eigenvalue weighted by atomic mass is 9.86. The topological polar surface area (TPSA) is 76.3 Å². The van der Waals surface area contributed by atoms with E-state index in [0.717, 1.165) is 10.6 Å². The lowest BCUT2D eigenvalue weighted by Crippen LogP contribution is -2.29. The Kier molecular flexibility index (Phi) is 4.97. The first-order chi connectivity index (χ1) is 15.7. The van der Waals surface area contributed by atoms with Gasteiger partial charge in [-0.05, 0) is 28.7 Å². The van der Waals surface area contributed by atoms with E-state index in [2.05, 4.69) is 43.1 Å². The highest BCUT2D eigenvalue weighted by Crippen LogP contribution is 2.43. The van der Waals surface area contributed by atoms with Crippen molar-refractivity contribution in [2.24, 2.45) is 0 Å². The molecule has 0 fully saturated rings. The summed E-state index contributed by atoms with van der Waals surface area (Å²) in [4.78, 5) is 28.8. The maximum absolute atomic E-state index is 13.6. The van der Waals surface area contributed by atoms with Gasteiger partial charge in [0.15, 0.2) is 5.43 Å². The summed E-state index contributed by atoms with van der Waals surface area (Å²) in [6.45, 7) is 10.5. The van der Waals surface area contributed by atoms with Crippen molar-refractivity contribution >= 4 is 33.3 Å². The van der Waals surface area contributed by atoms with E-state index in [1.54, 1.807) is 29.2 Å². The molecule has 0 saturated carbocycles. The van der Waals surface area contributed by atoms with Crippen LogP contribution < -0.4 is 10.3 Å². The molecule has 0 N–H and O–H groups in total. The second kappa shape index (κ2) is 7.63. The molecule has 33 heavy (non-hydrogen) atoms. The van der Waals surface area contributed by atoms with Crippen LogP contribution in [0.15, 0.2) is 57.7 Å². The van der Waals surface area contributed by atoms with E-state index in [4.69, 9.17) is 4.42 Å². The molecular weight excluding hydrogens is 434 g/mol. The molecular formula is C26H25N3O3S. The van der Waals surface area contributed by atoms with Crippen molar-refractivity contribution in [3.8, 4) is 0 Å². The third-order valence-corrected chi connectivity index (χ3v) is 7.22. The number of hydrogen-bond acceptors (Lipinski definition) is 6. The number of rotatable bonds is 3. The summed E-state index contributed by atoms with van der Waals surface area (Å²) in [7, 11) is 0. The molecule has 1 aliphatic rings. The van der Waals surface area contributed by atoms with Crippen LogP contribution in [0.1, 0.15) is 78.8 Å². The van der Waals surface area contributed by atoms with Crippen molar-refractivity contribution in [3.63, 3.8) is 0 Å². The van der Waals surface area contributed by atoms with E-state index in [1.807, 2.05) is 26.0 Å². The molecule has 168 valence electrons. The number of para-hydroxylation sites is 1. The van der Waals surface area contributed by atoms with Crippen molar-refractivity contribution in [2.45, 2.75) is 52.0 Å². The molecule has 0 bridgehead atoms. The molecule has 1 amide bonds. The first-order valence-corrected chi connectivity index (χ1v) is 11.8. The summed E-state index contributed by atoms with van der Waals surface area (Å²) in [5.74, 6) is -0.114. The minimum Gasteiger partial charge on any atom is -0.450 e. The summed E-state index contributed by atoms with van der Waals surface area (Å²) in [6, 6.07) is 14.5. The van der Waals surface area contributed by atoms with Crippen molar-refractivity contribution in [2.75, 3.05) is 4.90 Å². The summed E-state index contributed by atoms with van der Waals surface area (Å²) < 4.78 is 6.00. The van der Waals surface area contributed by atoms with E-state index < -0.39 is 6.04 Å². The van der Waals surface area contributed by atoms with E-state index >= 15 is 0 Å². The first kappa shape index (κ1) is 21.5. The maximum Gasteiger partial charge on any atom is 0.297 e. The Hall–Kier alpha value is -3.32. The lowest BCUT2D eigenvalue weighted by molar-refractivity contribution is 0.0970. The molecule has 7 heteroatoms. The largest absolute Gasteiger partial charge is 0.450 e. The van der Waals surface area contributed by atoms with Gasteiger partial charge in [0.25, 0.3) is 5.91 Å². The number of aromatic nitrogens is 2. The fourth-order valence-corrected chi connectivity index (χ4v) is 5.03. The Morgan fingerprint density at radius 1 is 1.00 bits per heavy atom. The zero-order valence-electron chi connectivity index (χ0n) is 19.2. The van der Waals surface area contributed by atoms with Crippen LogP contribution in [-0.4, -0.2) is 16.1 Å². The van der Waals surface area contributed by atoms with Gasteiger partial charge in [-0.15, -0.1) is 10.2 Å². The van der Waals surface area contributed by atoms with E-state index in [0.29, 0.717) is 21.7 Å². The van der Waals surface area contributed by atoms with Gasteiger partial charge in [-0.25, -0.2) is 0 Å². The summed E-state index contributed by atoms with van der Waals surface area (Å²) >= 11 is 1.37. The van der Waals surface area contributed by atoms with E-state index in [1.165, 1.54) is 16.9 Å². The number of benzene rings is 2. The minimum absolute atomic E-state index is 0.0117. The number of carbonyl (C=O) groups is 1. The highest BCUT2D eigenvalue weighted by molar-refractivity contribution is 7.15. The average molecular weight is 460 g/mol. The smallest absolute Gasteiger partial charge is 0.297 e. The van der Waals surface area contributed by atoms with Gasteiger partial charge < -0.3 is 4.42 Å². The van der Waals surface area contributed by atoms with Gasteiger partial charge in [0.2, 0.25) is 10.9 Å². The average Bonchev–Trinajstić information content (AvgIpc) is 3.37. The molecule has 1 atom stereocenters. The standard InChI is InChI=1S/C26H25N3O3S/c1-14(2)23-27-28-25(33-23)29-20(15-10-12-16(13-11-15)26(3,4)5)19-21(30)17-8-6-7-9-18(17)32-22(19)24(29)31/h6-14,20H,1-5H3/t20-/m0/s1. The van der Waals surface area contributed by atoms with E-state index in [9.17, 15) is 9.59 Å². The number of amides is 1. The number of fused-ring (bicyclic) bond motifs is 2. The van der Waals surface area contributed by atoms with Crippen LogP contribution in [0, 0.1) is 0 Å². The summed E-state index contributed by atoms with van der Waals surface area (Å²) in [6.07, 6.45) is 0. The molecule has 4 aromatic rings. The normalized spacial score (nSPS) is 16.1. The predicted octanol–water partition coefficient (Wildman–Crippen LogP) is 5.82. The molecule has 6 nitrogen and oxygen atoms in total. The third-order valence-electron chi connectivity index (χ3n) is 6.00. The Labute approximate surface area is 195 Å². The summed E-state index contributed by atoms with van der Waals surface area (Å²) in [5, 5.41) is 10.3. The molecule has 3 heterocycles. The molecule has 0 saturated heterocycles. The first-order valence-electron chi connectivity index (χ1n) is 11.0. The highest BCUT2D eigenvalue weighted by Gasteiger charge is 2.45. The van der Waals surface area contributed by atoms with Crippen LogP contribution in [0.5, 0.6) is 0 Å². The fraction of sp³-hybridized carbons (Fsp3) is 0.308. The molecule has 0 aliphatic carbocycles. The zero-order valence-corrected chi connectivity index (χ0v) is 20.1. The highest BCUT2D eigenvalue weighted by atomic mass is 32.1. The Bertz CT molecular complexity index is 1430. The van der Waals surface area contributed by atoms with Gasteiger partial charge in [-0.2, -0.15) is 0 Å². The zero-order chi connectivity index (χ0) is 23.5. The van der Waals surface area contributed by atoms with Gasteiger partial charge in [-0.3, -0.25) is 14.5 Å². The van der Waals surface area contributed by atoms with Gasteiger partial charge in [0.05, 0.1) is 17.0 Å². The third kappa shape index (κ3) is 3.47. The molecule has 1 aliphatic heterocycles. The Balaban J connectivity index is 1.74. The molecule has 0 unspecified atom stereocenters. The molecule has 2 aromatic heterocycles. The minimum atomic E-state index is -0.629. The molecule has 0 radical (unpaired) electrons. The second-order valence-electron chi connectivity index (χ2n) is 9.70. The maximum atomic E-state index is 13.6. The van der Waals surface area contributed by atoms with Crippen LogP contribution in [0.25, 0.3) is 11.0 Å². The van der Waals surface area contributed by atoms with Crippen molar-refractivity contribution in [1.29, 1.82) is 0 Å². The second-order valence-corrected chi connectivity index (χ2v) is 10.7. The predicted molar refractivity (Wildman–Crippen MR) is 130 cm³/mol. The Morgan fingerprint density at radius 3 is 2.33 bits per heavy atom. The van der Waals surface area contributed by atoms with E-state index in [-0.39, 0.29) is 28.4 Å². The van der Waals surface area contributed by atoms with Gasteiger partial charge in [0, 0.05) is 5.92 Å². The lowest BCUT2D eigenvalue weighted by Gasteiger charge is -2.24. The van der Waals surface area contributed by atoms with Crippen LogP contribution >= 0.6 is 11.3 Å². The van der Waals surface area contributed by atoms with Crippen molar-refractivity contribution in [1.82, 2.24) is 10.2 Å². The van der Waals surface area contributed by atoms with Crippen LogP contribution in [0.3, 0.4) is 0 Å².